The molecule has 1 unspecified atom stereocenters. The number of hydrogen-bond donors (Lipinski definition) is 0. The second kappa shape index (κ2) is 14.1. The summed E-state index contributed by atoms with van der Waals surface area (Å²) < 4.78 is 6.19. The summed E-state index contributed by atoms with van der Waals surface area (Å²) in [5.74, 6) is 0.985. The number of aryl methyl sites for hydroxylation is 1. The molecule has 134 valence electrons. The standard InChI is InChI=1S/C20H35NO.HI/c1-5-7-8-9-10-11-12-13-20(21(4)6-2)22-19-16-14-18(3)15-17-19;/h14-17,20H,5-13H2,1-4H3;1H/p-1. The maximum absolute atomic E-state index is 6.19. The minimum atomic E-state index is 0. The molecule has 0 saturated heterocycles. The maximum atomic E-state index is 6.19. The normalized spacial score (nSPS) is 12.0. The lowest BCUT2D eigenvalue weighted by molar-refractivity contribution is -0.00000780. The van der Waals surface area contributed by atoms with Gasteiger partial charge in [-0.25, -0.2) is 0 Å². The molecule has 0 aliphatic heterocycles. The Hall–Kier alpha value is -0.290. The maximum Gasteiger partial charge on any atom is 0.152 e. The predicted molar refractivity (Wildman–Crippen MR) is 96.5 cm³/mol. The molecular formula is C20H35INO-. The highest BCUT2D eigenvalue weighted by Crippen LogP contribution is 2.18. The molecule has 1 aromatic rings. The second-order valence-corrected chi connectivity index (χ2v) is 6.37. The summed E-state index contributed by atoms with van der Waals surface area (Å²) in [6, 6.07) is 8.39. The van der Waals surface area contributed by atoms with Gasteiger partial charge in [-0.2, -0.15) is 0 Å². The van der Waals surface area contributed by atoms with E-state index in [4.69, 9.17) is 4.74 Å². The van der Waals surface area contributed by atoms with Crippen LogP contribution in [0.25, 0.3) is 0 Å². The fraction of sp³-hybridized carbons (Fsp3) is 0.700. The third-order valence-electron chi connectivity index (χ3n) is 4.34. The number of unbranched alkanes of at least 4 members (excludes halogenated alkanes) is 6. The van der Waals surface area contributed by atoms with Crippen LogP contribution in [0.5, 0.6) is 5.75 Å². The molecule has 0 aromatic heterocycles. The first kappa shape index (κ1) is 22.7. The summed E-state index contributed by atoms with van der Waals surface area (Å²) >= 11 is 0. The van der Waals surface area contributed by atoms with Crippen LogP contribution >= 0.6 is 0 Å². The van der Waals surface area contributed by atoms with Crippen LogP contribution in [0.1, 0.15) is 70.8 Å². The summed E-state index contributed by atoms with van der Waals surface area (Å²) in [6.45, 7) is 7.59. The molecule has 3 heteroatoms. The lowest BCUT2D eigenvalue weighted by Crippen LogP contribution is -3.00. The summed E-state index contributed by atoms with van der Waals surface area (Å²) in [5, 5.41) is 0. The van der Waals surface area contributed by atoms with Crippen molar-refractivity contribution in [3.05, 3.63) is 29.8 Å². The van der Waals surface area contributed by atoms with Crippen LogP contribution in [0.4, 0.5) is 0 Å². The highest BCUT2D eigenvalue weighted by Gasteiger charge is 2.14. The summed E-state index contributed by atoms with van der Waals surface area (Å²) in [7, 11) is 2.15. The largest absolute Gasteiger partial charge is 1.00 e. The molecule has 0 spiro atoms. The van der Waals surface area contributed by atoms with Crippen molar-refractivity contribution in [1.29, 1.82) is 0 Å². The van der Waals surface area contributed by atoms with Crippen LogP contribution in [0.3, 0.4) is 0 Å². The highest BCUT2D eigenvalue weighted by molar-refractivity contribution is 5.26. The molecule has 0 amide bonds. The number of nitrogens with zero attached hydrogens (tertiary/aromatic N) is 1. The van der Waals surface area contributed by atoms with E-state index < -0.39 is 0 Å². The van der Waals surface area contributed by atoms with E-state index in [0.29, 0.717) is 0 Å². The molecule has 0 fully saturated rings. The van der Waals surface area contributed by atoms with Crippen molar-refractivity contribution in [3.8, 4) is 5.75 Å². The van der Waals surface area contributed by atoms with Gasteiger partial charge >= 0.3 is 0 Å². The van der Waals surface area contributed by atoms with Gasteiger partial charge in [0.2, 0.25) is 0 Å². The Morgan fingerprint density at radius 1 is 0.913 bits per heavy atom. The Morgan fingerprint density at radius 2 is 1.48 bits per heavy atom. The van der Waals surface area contributed by atoms with E-state index in [0.717, 1.165) is 18.7 Å². The van der Waals surface area contributed by atoms with Crippen LogP contribution in [-0.2, 0) is 0 Å². The monoisotopic (exact) mass is 432 g/mol. The third kappa shape index (κ3) is 10.2. The molecule has 0 aliphatic rings. The van der Waals surface area contributed by atoms with E-state index in [2.05, 4.69) is 57.0 Å². The molecule has 23 heavy (non-hydrogen) atoms. The van der Waals surface area contributed by atoms with Crippen LogP contribution in [0, 0.1) is 6.92 Å². The Morgan fingerprint density at radius 3 is 2.04 bits per heavy atom. The van der Waals surface area contributed by atoms with Gasteiger partial charge < -0.3 is 28.7 Å². The fourth-order valence-corrected chi connectivity index (χ4v) is 2.62. The predicted octanol–water partition coefficient (Wildman–Crippen LogP) is 2.80. The molecule has 0 radical (unpaired) electrons. The van der Waals surface area contributed by atoms with Crippen molar-refractivity contribution < 1.29 is 28.7 Å². The number of benzene rings is 1. The smallest absolute Gasteiger partial charge is 0.152 e. The van der Waals surface area contributed by atoms with Gasteiger partial charge in [-0.05, 0) is 45.5 Å². The topological polar surface area (TPSA) is 12.5 Å². The average Bonchev–Trinajstić information content (AvgIpc) is 2.54. The van der Waals surface area contributed by atoms with Gasteiger partial charge in [0, 0.05) is 0 Å². The lowest BCUT2D eigenvalue weighted by atomic mass is 10.1. The van der Waals surface area contributed by atoms with Gasteiger partial charge in [0.25, 0.3) is 0 Å². The molecule has 0 saturated carbocycles. The first-order valence-electron chi connectivity index (χ1n) is 9.11. The number of ether oxygens (including phenoxy) is 1. The summed E-state index contributed by atoms with van der Waals surface area (Å²) in [4.78, 5) is 2.30. The van der Waals surface area contributed by atoms with Crippen molar-refractivity contribution in [3.63, 3.8) is 0 Å². The van der Waals surface area contributed by atoms with Gasteiger partial charge in [0.05, 0.1) is 0 Å². The van der Waals surface area contributed by atoms with E-state index in [9.17, 15) is 0 Å². The van der Waals surface area contributed by atoms with Gasteiger partial charge in [0.1, 0.15) is 5.75 Å². The van der Waals surface area contributed by atoms with Crippen LogP contribution in [0.2, 0.25) is 0 Å². The molecule has 2 nitrogen and oxygen atoms in total. The Labute approximate surface area is 161 Å². The first-order valence-corrected chi connectivity index (χ1v) is 9.11. The van der Waals surface area contributed by atoms with Crippen LogP contribution in [-0.4, -0.2) is 24.7 Å². The summed E-state index contributed by atoms with van der Waals surface area (Å²) in [5.41, 5.74) is 1.28. The SMILES string of the molecule is CCCCCCCCCC(Oc1ccc(C)cc1)N(C)CC.[I-]. The quantitative estimate of drug-likeness (QED) is 0.286. The summed E-state index contributed by atoms with van der Waals surface area (Å²) in [6.07, 6.45) is 10.8. The zero-order valence-corrected chi connectivity index (χ0v) is 17.6. The first-order chi connectivity index (χ1) is 10.7. The Kier molecular flexibility index (Phi) is 13.9. The van der Waals surface area contributed by atoms with E-state index >= 15 is 0 Å². The van der Waals surface area contributed by atoms with Gasteiger partial charge in [-0.1, -0.05) is 70.1 Å². The van der Waals surface area contributed by atoms with Crippen LogP contribution < -0.4 is 28.7 Å². The fourth-order valence-electron chi connectivity index (χ4n) is 2.62. The molecule has 0 bridgehead atoms. The molecular weight excluding hydrogens is 397 g/mol. The van der Waals surface area contributed by atoms with Crippen molar-refractivity contribution >= 4 is 0 Å². The molecule has 1 atom stereocenters. The zero-order valence-electron chi connectivity index (χ0n) is 15.5. The Balaban J connectivity index is 0.00000484. The second-order valence-electron chi connectivity index (χ2n) is 6.37. The minimum absolute atomic E-state index is 0. The van der Waals surface area contributed by atoms with Crippen molar-refractivity contribution in [2.45, 2.75) is 78.4 Å². The Bertz CT molecular complexity index is 380. The molecule has 0 aliphatic carbocycles. The zero-order chi connectivity index (χ0) is 16.2. The average molecular weight is 432 g/mol. The van der Waals surface area contributed by atoms with E-state index in [1.54, 1.807) is 0 Å². The van der Waals surface area contributed by atoms with Gasteiger partial charge in [-0.15, -0.1) is 0 Å². The minimum Gasteiger partial charge on any atom is -1.00 e. The number of halogens is 1. The molecule has 1 aromatic carbocycles. The molecule has 0 heterocycles. The number of hydrogen-bond acceptors (Lipinski definition) is 2. The molecule has 0 N–H and O–H groups in total. The van der Waals surface area contributed by atoms with E-state index in [-0.39, 0.29) is 30.2 Å². The van der Waals surface area contributed by atoms with Crippen molar-refractivity contribution in [1.82, 2.24) is 4.90 Å². The van der Waals surface area contributed by atoms with Crippen molar-refractivity contribution in [2.75, 3.05) is 13.6 Å². The molecule has 1 rings (SSSR count). The van der Waals surface area contributed by atoms with Crippen LogP contribution in [0.15, 0.2) is 24.3 Å². The van der Waals surface area contributed by atoms with Gasteiger partial charge in [0.15, 0.2) is 6.23 Å². The van der Waals surface area contributed by atoms with Crippen molar-refractivity contribution in [2.24, 2.45) is 0 Å². The van der Waals surface area contributed by atoms with Gasteiger partial charge in [-0.3, -0.25) is 4.90 Å². The third-order valence-corrected chi connectivity index (χ3v) is 4.34. The van der Waals surface area contributed by atoms with E-state index in [1.165, 1.54) is 50.5 Å². The lowest BCUT2D eigenvalue weighted by Gasteiger charge is -2.27. The van der Waals surface area contributed by atoms with E-state index in [1.807, 2.05) is 0 Å². The number of rotatable bonds is 12. The highest BCUT2D eigenvalue weighted by atomic mass is 127.